The third-order valence-corrected chi connectivity index (χ3v) is 10.8. The zero-order valence-electron chi connectivity index (χ0n) is 26.8. The van der Waals surface area contributed by atoms with Gasteiger partial charge in [-0.15, -0.1) is 0 Å². The Morgan fingerprint density at radius 1 is 0.702 bits per heavy atom. The van der Waals surface area contributed by atoms with Crippen molar-refractivity contribution in [2.75, 3.05) is 0 Å². The standard InChI is InChI=1S/C45H36N2/c1-44-28-12-11-19-38(44)42(35-27-22-31-14-6-7-15-34(31)30-35)45(2)29-13-10-18-37(45)41(44)32-23-25-33(26-24-32)43-46-39-20-8-9-21-40(39)47(43)36-16-4-3-5-17-36/h3-28,30,41H,29H2,1-2H3. The maximum absolute atomic E-state index is 5.14. The largest absolute Gasteiger partial charge is 0.292 e. The van der Waals surface area contributed by atoms with Crippen LogP contribution in [0.5, 0.6) is 0 Å². The van der Waals surface area contributed by atoms with Gasteiger partial charge in [0.2, 0.25) is 0 Å². The van der Waals surface area contributed by atoms with Crippen LogP contribution in [-0.2, 0) is 0 Å². The van der Waals surface area contributed by atoms with Crippen LogP contribution < -0.4 is 0 Å². The van der Waals surface area contributed by atoms with E-state index < -0.39 is 0 Å². The highest BCUT2D eigenvalue weighted by atomic mass is 15.1. The van der Waals surface area contributed by atoms with Crippen molar-refractivity contribution in [3.63, 3.8) is 0 Å². The second-order valence-corrected chi connectivity index (χ2v) is 13.6. The van der Waals surface area contributed by atoms with Crippen LogP contribution in [0.1, 0.15) is 37.3 Å². The minimum atomic E-state index is -0.203. The van der Waals surface area contributed by atoms with Crippen molar-refractivity contribution in [2.24, 2.45) is 10.8 Å². The van der Waals surface area contributed by atoms with Gasteiger partial charge in [-0.3, -0.25) is 4.57 Å². The van der Waals surface area contributed by atoms with Gasteiger partial charge >= 0.3 is 0 Å². The summed E-state index contributed by atoms with van der Waals surface area (Å²) >= 11 is 0. The van der Waals surface area contributed by atoms with Crippen molar-refractivity contribution in [3.8, 4) is 17.1 Å². The van der Waals surface area contributed by atoms with Crippen LogP contribution in [0.25, 0.3) is 44.5 Å². The Morgan fingerprint density at radius 3 is 2.30 bits per heavy atom. The quantitative estimate of drug-likeness (QED) is 0.196. The van der Waals surface area contributed by atoms with E-state index in [1.165, 1.54) is 38.6 Å². The van der Waals surface area contributed by atoms with Gasteiger partial charge < -0.3 is 0 Å². The first-order chi connectivity index (χ1) is 23.0. The third-order valence-electron chi connectivity index (χ3n) is 10.8. The molecular formula is C45H36N2. The predicted molar refractivity (Wildman–Crippen MR) is 196 cm³/mol. The Morgan fingerprint density at radius 2 is 1.45 bits per heavy atom. The number of aromatic nitrogens is 2. The molecule has 0 N–H and O–H groups in total. The zero-order valence-corrected chi connectivity index (χ0v) is 26.8. The maximum Gasteiger partial charge on any atom is 0.145 e. The molecule has 47 heavy (non-hydrogen) atoms. The van der Waals surface area contributed by atoms with E-state index in [1.807, 2.05) is 0 Å². The highest BCUT2D eigenvalue weighted by Gasteiger charge is 2.52. The van der Waals surface area contributed by atoms with Gasteiger partial charge in [-0.05, 0) is 69.8 Å². The molecule has 3 unspecified atom stereocenters. The van der Waals surface area contributed by atoms with Crippen LogP contribution >= 0.6 is 0 Å². The van der Waals surface area contributed by atoms with E-state index in [4.69, 9.17) is 4.98 Å². The molecule has 1 aromatic heterocycles. The first-order valence-corrected chi connectivity index (χ1v) is 16.7. The lowest BCUT2D eigenvalue weighted by molar-refractivity contribution is 0.353. The zero-order chi connectivity index (χ0) is 31.6. The van der Waals surface area contributed by atoms with E-state index in [2.05, 4.69) is 182 Å². The number of benzene rings is 5. The third kappa shape index (κ3) is 4.21. The predicted octanol–water partition coefficient (Wildman–Crippen LogP) is 11.4. The minimum Gasteiger partial charge on any atom is -0.292 e. The molecule has 3 aliphatic carbocycles. The fraction of sp³-hybridized carbons (Fsp3) is 0.133. The van der Waals surface area contributed by atoms with Gasteiger partial charge in [-0.1, -0.05) is 153 Å². The summed E-state index contributed by atoms with van der Waals surface area (Å²) in [5, 5.41) is 2.57. The summed E-state index contributed by atoms with van der Waals surface area (Å²) in [4.78, 5) is 5.14. The Balaban J connectivity index is 1.21. The summed E-state index contributed by atoms with van der Waals surface area (Å²) in [7, 11) is 0. The second kappa shape index (κ2) is 10.5. The topological polar surface area (TPSA) is 17.8 Å². The van der Waals surface area contributed by atoms with Crippen LogP contribution in [0.15, 0.2) is 175 Å². The van der Waals surface area contributed by atoms with Crippen LogP contribution in [-0.4, -0.2) is 9.55 Å². The number of fused-ring (bicyclic) bond motifs is 4. The number of hydrogen-bond donors (Lipinski definition) is 0. The fourth-order valence-electron chi connectivity index (χ4n) is 8.57. The van der Waals surface area contributed by atoms with E-state index in [9.17, 15) is 0 Å². The summed E-state index contributed by atoms with van der Waals surface area (Å²) in [5.74, 6) is 1.16. The molecule has 0 amide bonds. The molecule has 3 aliphatic rings. The van der Waals surface area contributed by atoms with Crippen molar-refractivity contribution >= 4 is 27.4 Å². The maximum atomic E-state index is 5.14. The van der Waals surface area contributed by atoms with Gasteiger partial charge in [0.05, 0.1) is 11.0 Å². The molecule has 226 valence electrons. The molecule has 2 heteroatoms. The number of hydrogen-bond acceptors (Lipinski definition) is 1. The van der Waals surface area contributed by atoms with Crippen LogP contribution in [0.3, 0.4) is 0 Å². The smallest absolute Gasteiger partial charge is 0.145 e. The van der Waals surface area contributed by atoms with Crippen LogP contribution in [0.2, 0.25) is 0 Å². The van der Waals surface area contributed by atoms with Crippen molar-refractivity contribution in [1.29, 1.82) is 0 Å². The summed E-state index contributed by atoms with van der Waals surface area (Å²) in [5.41, 5.74) is 11.0. The Hall–Kier alpha value is -5.47. The first kappa shape index (κ1) is 27.8. The van der Waals surface area contributed by atoms with Crippen molar-refractivity contribution in [2.45, 2.75) is 26.2 Å². The highest BCUT2D eigenvalue weighted by Crippen LogP contribution is 2.65. The lowest BCUT2D eigenvalue weighted by Gasteiger charge is -2.53. The average molecular weight is 605 g/mol. The summed E-state index contributed by atoms with van der Waals surface area (Å²) < 4.78 is 2.28. The molecule has 0 fully saturated rings. The van der Waals surface area contributed by atoms with Crippen molar-refractivity contribution < 1.29 is 0 Å². The fourth-order valence-corrected chi connectivity index (χ4v) is 8.57. The van der Waals surface area contributed by atoms with Crippen LogP contribution in [0.4, 0.5) is 0 Å². The van der Waals surface area contributed by atoms with E-state index in [0.717, 1.165) is 34.5 Å². The molecule has 3 atom stereocenters. The summed E-state index contributed by atoms with van der Waals surface area (Å²) in [6.45, 7) is 4.91. The number of para-hydroxylation sites is 3. The summed E-state index contributed by atoms with van der Waals surface area (Å²) in [6.07, 6.45) is 17.3. The SMILES string of the molecule is CC12CC=CC=C1C(c1ccc(-c3nc4ccccc4n3-c3ccccc3)cc1)C1(C)C=CC=CC1=C2c1ccc2ccccc2c1. The molecular weight excluding hydrogens is 569 g/mol. The lowest BCUT2D eigenvalue weighted by Crippen LogP contribution is -2.41. The molecule has 9 rings (SSSR count). The van der Waals surface area contributed by atoms with Gasteiger partial charge in [0.15, 0.2) is 0 Å². The minimum absolute atomic E-state index is 0.133. The molecule has 0 saturated carbocycles. The van der Waals surface area contributed by atoms with Crippen molar-refractivity contribution in [1.82, 2.24) is 9.55 Å². The Labute approximate surface area is 276 Å². The van der Waals surface area contributed by atoms with Gasteiger partial charge in [-0.25, -0.2) is 4.98 Å². The van der Waals surface area contributed by atoms with Gasteiger partial charge in [0, 0.05) is 28.0 Å². The molecule has 0 aliphatic heterocycles. The van der Waals surface area contributed by atoms with Crippen LogP contribution in [0, 0.1) is 10.8 Å². The average Bonchev–Trinajstić information content (AvgIpc) is 3.50. The number of nitrogens with zero attached hydrogens (tertiary/aromatic N) is 2. The first-order valence-electron chi connectivity index (χ1n) is 16.7. The van der Waals surface area contributed by atoms with E-state index in [0.29, 0.717) is 0 Å². The van der Waals surface area contributed by atoms with Gasteiger partial charge in [-0.2, -0.15) is 0 Å². The van der Waals surface area contributed by atoms with Crippen molar-refractivity contribution in [3.05, 3.63) is 186 Å². The molecule has 6 aromatic rings. The Bertz CT molecular complexity index is 2340. The normalized spacial score (nSPS) is 23.2. The molecule has 2 nitrogen and oxygen atoms in total. The lowest BCUT2D eigenvalue weighted by atomic mass is 9.49. The van der Waals surface area contributed by atoms with E-state index in [-0.39, 0.29) is 16.7 Å². The highest BCUT2D eigenvalue weighted by molar-refractivity contribution is 5.91. The van der Waals surface area contributed by atoms with E-state index in [1.54, 1.807) is 0 Å². The molecule has 1 heterocycles. The Kier molecular flexibility index (Phi) is 6.23. The number of imidazole rings is 1. The summed E-state index contributed by atoms with van der Waals surface area (Å²) in [6, 6.07) is 44.0. The van der Waals surface area contributed by atoms with E-state index >= 15 is 0 Å². The molecule has 0 bridgehead atoms. The number of rotatable bonds is 4. The molecule has 0 saturated heterocycles. The second-order valence-electron chi connectivity index (χ2n) is 13.6. The molecule has 0 spiro atoms. The monoisotopic (exact) mass is 604 g/mol. The molecule has 0 radical (unpaired) electrons. The van der Waals surface area contributed by atoms with Gasteiger partial charge in [0.25, 0.3) is 0 Å². The molecule has 5 aromatic carbocycles. The van der Waals surface area contributed by atoms with Gasteiger partial charge in [0.1, 0.15) is 5.82 Å². The number of allylic oxidation sites excluding steroid dienone is 10.